The molecule has 0 aromatic heterocycles. The molecular weight excluding hydrogens is 172 g/mol. The topological polar surface area (TPSA) is 17.1 Å². The van der Waals surface area contributed by atoms with Gasteiger partial charge in [-0.3, -0.25) is 4.79 Å². The van der Waals surface area contributed by atoms with Gasteiger partial charge in [-0.2, -0.15) is 0 Å². The zero-order valence-corrected chi connectivity index (χ0v) is 8.95. The van der Waals surface area contributed by atoms with E-state index in [1.165, 1.54) is 0 Å². The van der Waals surface area contributed by atoms with Crippen molar-refractivity contribution in [1.29, 1.82) is 0 Å². The Bertz CT molecular complexity index is 328. The van der Waals surface area contributed by atoms with Crippen LogP contribution in [0.25, 0.3) is 6.08 Å². The predicted molar refractivity (Wildman–Crippen MR) is 59.9 cm³/mol. The summed E-state index contributed by atoms with van der Waals surface area (Å²) < 4.78 is 0. The van der Waals surface area contributed by atoms with Gasteiger partial charge in [0.05, 0.1) is 0 Å². The van der Waals surface area contributed by atoms with Gasteiger partial charge in [-0.15, -0.1) is 0 Å². The van der Waals surface area contributed by atoms with Crippen molar-refractivity contribution in [3.05, 3.63) is 41.5 Å². The molecule has 0 aliphatic carbocycles. The minimum Gasteiger partial charge on any atom is -0.298 e. The summed E-state index contributed by atoms with van der Waals surface area (Å²) in [5.74, 6) is 0. The van der Waals surface area contributed by atoms with Crippen LogP contribution in [0.3, 0.4) is 0 Å². The summed E-state index contributed by atoms with van der Waals surface area (Å²) in [5.41, 5.74) is 1.81. The number of rotatable bonds is 2. The zero-order valence-electron chi connectivity index (χ0n) is 8.95. The zero-order chi connectivity index (χ0) is 10.6. The lowest BCUT2D eigenvalue weighted by molar-refractivity contribution is -0.105. The maximum Gasteiger partial charge on any atom is 0.146 e. The summed E-state index contributed by atoms with van der Waals surface area (Å²) >= 11 is 0. The van der Waals surface area contributed by atoms with Crippen LogP contribution in [-0.2, 0) is 4.79 Å². The van der Waals surface area contributed by atoms with Crippen LogP contribution in [0.5, 0.6) is 0 Å². The second-order valence-electron chi connectivity index (χ2n) is 4.38. The molecule has 0 saturated carbocycles. The Kier molecular flexibility index (Phi) is 3.23. The van der Waals surface area contributed by atoms with Crippen molar-refractivity contribution in [1.82, 2.24) is 0 Å². The van der Waals surface area contributed by atoms with E-state index in [0.717, 1.165) is 17.4 Å². The van der Waals surface area contributed by atoms with Crippen molar-refractivity contribution in [2.45, 2.75) is 20.8 Å². The lowest BCUT2D eigenvalue weighted by atomic mass is 9.86. The highest BCUT2D eigenvalue weighted by Gasteiger charge is 2.15. The van der Waals surface area contributed by atoms with Crippen LogP contribution in [0.15, 0.2) is 35.9 Å². The SMILES string of the molecule is CC(C)(C)C(C=O)=Cc1ccccc1. The van der Waals surface area contributed by atoms with Crippen molar-refractivity contribution in [2.24, 2.45) is 5.41 Å². The van der Waals surface area contributed by atoms with Gasteiger partial charge < -0.3 is 0 Å². The number of hydrogen-bond acceptors (Lipinski definition) is 1. The normalized spacial score (nSPS) is 12.6. The average Bonchev–Trinajstić information content (AvgIpc) is 2.14. The van der Waals surface area contributed by atoms with E-state index in [4.69, 9.17) is 0 Å². The van der Waals surface area contributed by atoms with Gasteiger partial charge >= 0.3 is 0 Å². The minimum absolute atomic E-state index is 0.0857. The number of carbonyl (C=O) groups is 1. The van der Waals surface area contributed by atoms with Crippen LogP contribution in [0, 0.1) is 5.41 Å². The number of allylic oxidation sites excluding steroid dienone is 1. The quantitative estimate of drug-likeness (QED) is 0.514. The minimum atomic E-state index is -0.0857. The largest absolute Gasteiger partial charge is 0.298 e. The van der Waals surface area contributed by atoms with Crippen LogP contribution >= 0.6 is 0 Å². The third kappa shape index (κ3) is 2.84. The summed E-state index contributed by atoms with van der Waals surface area (Å²) in [6, 6.07) is 9.90. The van der Waals surface area contributed by atoms with E-state index in [9.17, 15) is 4.79 Å². The van der Waals surface area contributed by atoms with Crippen molar-refractivity contribution in [3.8, 4) is 0 Å². The molecule has 0 radical (unpaired) electrons. The highest BCUT2D eigenvalue weighted by Crippen LogP contribution is 2.25. The number of benzene rings is 1. The van der Waals surface area contributed by atoms with Gasteiger partial charge in [0.1, 0.15) is 6.29 Å². The van der Waals surface area contributed by atoms with Gasteiger partial charge in [-0.25, -0.2) is 0 Å². The molecular formula is C13H16O. The molecule has 0 fully saturated rings. The third-order valence-electron chi connectivity index (χ3n) is 2.11. The third-order valence-corrected chi connectivity index (χ3v) is 2.11. The lowest BCUT2D eigenvalue weighted by Crippen LogP contribution is -2.10. The van der Waals surface area contributed by atoms with E-state index in [1.54, 1.807) is 0 Å². The van der Waals surface area contributed by atoms with Crippen LogP contribution in [0.2, 0.25) is 0 Å². The molecule has 1 nitrogen and oxygen atoms in total. The first-order valence-electron chi connectivity index (χ1n) is 4.76. The standard InChI is InChI=1S/C13H16O/c1-13(2,3)12(10-14)9-11-7-5-4-6-8-11/h4-10H,1-3H3. The molecule has 0 saturated heterocycles. The summed E-state index contributed by atoms with van der Waals surface area (Å²) in [6.07, 6.45) is 2.88. The molecule has 74 valence electrons. The molecule has 0 unspecified atom stereocenters. The molecule has 0 N–H and O–H groups in total. The Morgan fingerprint density at radius 1 is 1.14 bits per heavy atom. The first-order chi connectivity index (χ1) is 6.54. The Hall–Kier alpha value is -1.37. The lowest BCUT2D eigenvalue weighted by Gasteiger charge is -2.18. The molecule has 0 heterocycles. The fourth-order valence-electron chi connectivity index (χ4n) is 1.16. The summed E-state index contributed by atoms with van der Waals surface area (Å²) in [7, 11) is 0. The smallest absolute Gasteiger partial charge is 0.146 e. The Balaban J connectivity index is 3.02. The number of hydrogen-bond donors (Lipinski definition) is 0. The van der Waals surface area contributed by atoms with Crippen molar-refractivity contribution in [3.63, 3.8) is 0 Å². The molecule has 0 bridgehead atoms. The first kappa shape index (κ1) is 10.7. The second-order valence-corrected chi connectivity index (χ2v) is 4.38. The average molecular weight is 188 g/mol. The second kappa shape index (κ2) is 4.23. The van der Waals surface area contributed by atoms with Crippen LogP contribution in [-0.4, -0.2) is 6.29 Å². The molecule has 0 aliphatic rings. The highest BCUT2D eigenvalue weighted by atomic mass is 16.1. The van der Waals surface area contributed by atoms with Crippen molar-refractivity contribution in [2.75, 3.05) is 0 Å². The van der Waals surface area contributed by atoms with E-state index in [-0.39, 0.29) is 5.41 Å². The van der Waals surface area contributed by atoms with Gasteiger partial charge in [0.2, 0.25) is 0 Å². The molecule has 0 spiro atoms. The van der Waals surface area contributed by atoms with Gasteiger partial charge in [0.25, 0.3) is 0 Å². The summed E-state index contributed by atoms with van der Waals surface area (Å²) in [4.78, 5) is 10.9. The van der Waals surface area contributed by atoms with Gasteiger partial charge in [0, 0.05) is 0 Å². The molecule has 0 aliphatic heterocycles. The summed E-state index contributed by atoms with van der Waals surface area (Å²) in [6.45, 7) is 6.11. The van der Waals surface area contributed by atoms with E-state index in [1.807, 2.05) is 57.2 Å². The molecule has 1 rings (SSSR count). The van der Waals surface area contributed by atoms with E-state index >= 15 is 0 Å². The highest BCUT2D eigenvalue weighted by molar-refractivity contribution is 5.83. The maximum absolute atomic E-state index is 10.9. The van der Waals surface area contributed by atoms with Crippen LogP contribution < -0.4 is 0 Å². The molecule has 1 heteroatoms. The predicted octanol–water partition coefficient (Wildman–Crippen LogP) is 3.32. The fraction of sp³-hybridized carbons (Fsp3) is 0.308. The monoisotopic (exact) mass is 188 g/mol. The number of aldehydes is 1. The van der Waals surface area contributed by atoms with E-state index < -0.39 is 0 Å². The van der Waals surface area contributed by atoms with Gasteiger partial charge in [0.15, 0.2) is 0 Å². The molecule has 1 aromatic carbocycles. The maximum atomic E-state index is 10.9. The van der Waals surface area contributed by atoms with Gasteiger partial charge in [-0.05, 0) is 22.6 Å². The van der Waals surface area contributed by atoms with Gasteiger partial charge in [-0.1, -0.05) is 51.1 Å². The molecule has 0 atom stereocenters. The molecule has 0 amide bonds. The molecule has 14 heavy (non-hydrogen) atoms. The van der Waals surface area contributed by atoms with Crippen molar-refractivity contribution < 1.29 is 4.79 Å². The first-order valence-corrected chi connectivity index (χ1v) is 4.76. The van der Waals surface area contributed by atoms with Crippen LogP contribution in [0.4, 0.5) is 0 Å². The fourth-order valence-corrected chi connectivity index (χ4v) is 1.16. The molecule has 1 aromatic rings. The van der Waals surface area contributed by atoms with E-state index in [0.29, 0.717) is 0 Å². The number of carbonyl (C=O) groups excluding carboxylic acids is 1. The van der Waals surface area contributed by atoms with E-state index in [2.05, 4.69) is 0 Å². The Morgan fingerprint density at radius 3 is 2.14 bits per heavy atom. The van der Waals surface area contributed by atoms with Crippen LogP contribution in [0.1, 0.15) is 26.3 Å². The van der Waals surface area contributed by atoms with Crippen molar-refractivity contribution >= 4 is 12.4 Å². The Labute approximate surface area is 85.5 Å². The Morgan fingerprint density at radius 2 is 1.71 bits per heavy atom. The summed E-state index contributed by atoms with van der Waals surface area (Å²) in [5, 5.41) is 0.